The summed E-state index contributed by atoms with van der Waals surface area (Å²) in [6.07, 6.45) is 2.12. The number of aromatic nitrogens is 2. The second kappa shape index (κ2) is 9.98. The number of nitrogens with one attached hydrogen (secondary N) is 2. The molecule has 0 radical (unpaired) electrons. The molecule has 0 spiro atoms. The highest BCUT2D eigenvalue weighted by Crippen LogP contribution is 2.36. The van der Waals surface area contributed by atoms with Crippen molar-refractivity contribution in [2.45, 2.75) is 13.3 Å². The molecule has 0 atom stereocenters. The first-order valence-corrected chi connectivity index (χ1v) is 10.2. The first kappa shape index (κ1) is 22.2. The summed E-state index contributed by atoms with van der Waals surface area (Å²) in [7, 11) is 1.47. The number of benzene rings is 2. The zero-order chi connectivity index (χ0) is 22.4. The molecule has 0 saturated carbocycles. The van der Waals surface area contributed by atoms with Crippen LogP contribution in [0.4, 0.5) is 0 Å². The van der Waals surface area contributed by atoms with Gasteiger partial charge in [0.1, 0.15) is 0 Å². The highest BCUT2D eigenvalue weighted by atomic mass is 79.9. The highest BCUT2D eigenvalue weighted by molar-refractivity contribution is 9.10. The molecule has 10 heteroatoms. The van der Waals surface area contributed by atoms with E-state index in [1.807, 2.05) is 13.0 Å². The van der Waals surface area contributed by atoms with E-state index in [9.17, 15) is 14.7 Å². The van der Waals surface area contributed by atoms with E-state index in [0.29, 0.717) is 28.3 Å². The van der Waals surface area contributed by atoms with Gasteiger partial charge in [-0.05, 0) is 46.6 Å². The molecule has 0 aliphatic carbocycles. The van der Waals surface area contributed by atoms with Crippen LogP contribution in [-0.2, 0) is 0 Å². The topological polar surface area (TPSA) is 115 Å². The molecule has 1 aromatic heterocycles. The molecule has 31 heavy (non-hydrogen) atoms. The second-order valence-electron chi connectivity index (χ2n) is 6.39. The number of hydrazine groups is 1. The quantitative estimate of drug-likeness (QED) is 0.440. The summed E-state index contributed by atoms with van der Waals surface area (Å²) in [6, 6.07) is 12.0. The molecule has 3 N–H and O–H groups in total. The lowest BCUT2D eigenvalue weighted by Crippen LogP contribution is -2.41. The smallest absolute Gasteiger partial charge is 0.294 e. The van der Waals surface area contributed by atoms with E-state index in [4.69, 9.17) is 9.47 Å². The first-order valence-electron chi connectivity index (χ1n) is 9.39. The Labute approximate surface area is 187 Å². The van der Waals surface area contributed by atoms with Gasteiger partial charge in [0.15, 0.2) is 22.9 Å². The number of carbonyl (C=O) groups is 2. The van der Waals surface area contributed by atoms with Gasteiger partial charge in [0, 0.05) is 5.56 Å². The fraction of sp³-hybridized carbons (Fsp3) is 0.190. The summed E-state index contributed by atoms with van der Waals surface area (Å²) < 4.78 is 12.8. The van der Waals surface area contributed by atoms with Gasteiger partial charge in [-0.25, -0.2) is 4.68 Å². The lowest BCUT2D eigenvalue weighted by Gasteiger charge is -2.14. The monoisotopic (exact) mass is 488 g/mol. The van der Waals surface area contributed by atoms with Crippen molar-refractivity contribution in [1.82, 2.24) is 20.6 Å². The van der Waals surface area contributed by atoms with Crippen LogP contribution in [0.1, 0.15) is 34.2 Å². The van der Waals surface area contributed by atoms with Gasteiger partial charge in [-0.2, -0.15) is 5.10 Å². The standard InChI is InChI=1S/C21H21BrN4O5/c1-3-9-31-19-15(22)10-13(11-17(19)30-2)20(28)23-24-21(29)18-16(27)12-26(25-18)14-7-5-4-6-8-14/h4-8,10-12,27H,3,9H2,1-2H3,(H,23,28)(H,24,29). The fourth-order valence-electron chi connectivity index (χ4n) is 2.68. The third-order valence-corrected chi connectivity index (χ3v) is 4.75. The van der Waals surface area contributed by atoms with E-state index in [-0.39, 0.29) is 17.0 Å². The summed E-state index contributed by atoms with van der Waals surface area (Å²) in [5.41, 5.74) is 5.21. The zero-order valence-electron chi connectivity index (χ0n) is 16.9. The number of ether oxygens (including phenoxy) is 2. The SMILES string of the molecule is CCCOc1c(Br)cc(C(=O)NNC(=O)c2nn(-c3ccccc3)cc2O)cc1OC. The van der Waals surface area contributed by atoms with Gasteiger partial charge in [-0.15, -0.1) is 0 Å². The van der Waals surface area contributed by atoms with Gasteiger partial charge in [0.25, 0.3) is 11.8 Å². The van der Waals surface area contributed by atoms with E-state index >= 15 is 0 Å². The first-order chi connectivity index (χ1) is 14.9. The molecule has 0 fully saturated rings. The van der Waals surface area contributed by atoms with Crippen molar-refractivity contribution in [3.05, 3.63) is 64.4 Å². The summed E-state index contributed by atoms with van der Waals surface area (Å²) in [5, 5.41) is 14.1. The summed E-state index contributed by atoms with van der Waals surface area (Å²) in [5.74, 6) is -0.817. The molecular formula is C21H21BrN4O5. The van der Waals surface area contributed by atoms with E-state index in [1.165, 1.54) is 24.1 Å². The Bertz CT molecular complexity index is 1080. The van der Waals surface area contributed by atoms with Crippen LogP contribution in [0.5, 0.6) is 17.2 Å². The number of para-hydroxylation sites is 1. The molecule has 0 bridgehead atoms. The van der Waals surface area contributed by atoms with Crippen molar-refractivity contribution >= 4 is 27.7 Å². The van der Waals surface area contributed by atoms with Crippen molar-refractivity contribution < 1.29 is 24.2 Å². The molecule has 0 aliphatic rings. The predicted octanol–water partition coefficient (Wildman–Crippen LogP) is 3.21. The Morgan fingerprint density at radius 3 is 2.55 bits per heavy atom. The molecule has 0 saturated heterocycles. The molecule has 0 aliphatic heterocycles. The van der Waals surface area contributed by atoms with Gasteiger partial charge >= 0.3 is 0 Å². The van der Waals surface area contributed by atoms with Crippen LogP contribution in [0, 0.1) is 0 Å². The van der Waals surface area contributed by atoms with E-state index in [0.717, 1.165) is 6.42 Å². The minimum absolute atomic E-state index is 0.229. The average Bonchev–Trinajstić information content (AvgIpc) is 3.18. The number of hydrogen-bond donors (Lipinski definition) is 3. The van der Waals surface area contributed by atoms with Crippen LogP contribution in [-0.4, -0.2) is 40.4 Å². The maximum absolute atomic E-state index is 12.5. The lowest BCUT2D eigenvalue weighted by molar-refractivity contribution is 0.0841. The Morgan fingerprint density at radius 2 is 1.87 bits per heavy atom. The van der Waals surface area contributed by atoms with Crippen molar-refractivity contribution in [2.75, 3.05) is 13.7 Å². The van der Waals surface area contributed by atoms with Crippen molar-refractivity contribution in [2.24, 2.45) is 0 Å². The number of hydrogen-bond acceptors (Lipinski definition) is 6. The Hall–Kier alpha value is -3.53. The minimum atomic E-state index is -0.769. The molecule has 9 nitrogen and oxygen atoms in total. The largest absolute Gasteiger partial charge is 0.504 e. The van der Waals surface area contributed by atoms with Crippen molar-refractivity contribution in [3.8, 4) is 22.9 Å². The number of rotatable bonds is 7. The molecule has 0 unspecified atom stereocenters. The van der Waals surface area contributed by atoms with Crippen molar-refractivity contribution in [3.63, 3.8) is 0 Å². The molecular weight excluding hydrogens is 468 g/mol. The van der Waals surface area contributed by atoms with E-state index in [1.54, 1.807) is 30.3 Å². The van der Waals surface area contributed by atoms with Crippen molar-refractivity contribution in [1.29, 1.82) is 0 Å². The molecule has 3 aromatic rings. The van der Waals surface area contributed by atoms with E-state index in [2.05, 4.69) is 31.9 Å². The molecule has 1 heterocycles. The minimum Gasteiger partial charge on any atom is -0.504 e. The normalized spacial score (nSPS) is 10.4. The van der Waals surface area contributed by atoms with Crippen LogP contribution in [0.3, 0.4) is 0 Å². The van der Waals surface area contributed by atoms with Gasteiger partial charge in [0.2, 0.25) is 0 Å². The number of methoxy groups -OCH3 is 1. The van der Waals surface area contributed by atoms with Crippen LogP contribution < -0.4 is 20.3 Å². The number of aromatic hydroxyl groups is 1. The number of carbonyl (C=O) groups excluding carboxylic acids is 2. The number of amides is 2. The summed E-state index contributed by atoms with van der Waals surface area (Å²) in [6.45, 7) is 2.47. The van der Waals surface area contributed by atoms with Crippen LogP contribution in [0.15, 0.2) is 53.1 Å². The van der Waals surface area contributed by atoms with Gasteiger partial charge in [-0.1, -0.05) is 25.1 Å². The molecule has 162 valence electrons. The summed E-state index contributed by atoms with van der Waals surface area (Å²) in [4.78, 5) is 24.9. The second-order valence-corrected chi connectivity index (χ2v) is 7.24. The number of halogens is 1. The molecule has 3 rings (SSSR count). The Balaban J connectivity index is 1.70. The molecule has 2 aromatic carbocycles. The Kier molecular flexibility index (Phi) is 7.14. The molecule has 2 amide bonds. The van der Waals surface area contributed by atoms with Gasteiger partial charge < -0.3 is 14.6 Å². The zero-order valence-corrected chi connectivity index (χ0v) is 18.5. The van der Waals surface area contributed by atoms with Gasteiger partial charge in [-0.3, -0.25) is 20.4 Å². The third-order valence-electron chi connectivity index (χ3n) is 4.16. The predicted molar refractivity (Wildman–Crippen MR) is 117 cm³/mol. The summed E-state index contributed by atoms with van der Waals surface area (Å²) >= 11 is 3.37. The average molecular weight is 489 g/mol. The van der Waals surface area contributed by atoms with E-state index < -0.39 is 11.8 Å². The third kappa shape index (κ3) is 5.15. The maximum atomic E-state index is 12.5. The van der Waals surface area contributed by atoms with Crippen LogP contribution in [0.25, 0.3) is 5.69 Å². The Morgan fingerprint density at radius 1 is 1.16 bits per heavy atom. The lowest BCUT2D eigenvalue weighted by atomic mass is 10.2. The maximum Gasteiger partial charge on any atom is 0.294 e. The van der Waals surface area contributed by atoms with Crippen LogP contribution in [0.2, 0.25) is 0 Å². The highest BCUT2D eigenvalue weighted by Gasteiger charge is 2.19. The number of nitrogens with zero attached hydrogens (tertiary/aromatic N) is 2. The fourth-order valence-corrected chi connectivity index (χ4v) is 3.24. The van der Waals surface area contributed by atoms with Crippen LogP contribution >= 0.6 is 15.9 Å². The van der Waals surface area contributed by atoms with Gasteiger partial charge in [0.05, 0.1) is 30.1 Å².